The molecule has 0 aliphatic heterocycles. The minimum absolute atomic E-state index is 0.0598. The topological polar surface area (TPSA) is 107 Å². The molecular weight excluding hydrogens is 528 g/mol. The van der Waals surface area contributed by atoms with Crippen LogP contribution in [-0.4, -0.2) is 70.9 Å². The Morgan fingerprint density at radius 3 is 2.17 bits per heavy atom. The molecule has 3 aliphatic rings. The van der Waals surface area contributed by atoms with E-state index in [0.29, 0.717) is 38.0 Å². The summed E-state index contributed by atoms with van der Waals surface area (Å²) in [5.41, 5.74) is 2.62. The van der Waals surface area contributed by atoms with Gasteiger partial charge < -0.3 is 28.4 Å². The van der Waals surface area contributed by atoms with Gasteiger partial charge in [0.05, 0.1) is 49.7 Å². The molecule has 0 fully saturated rings. The molecule has 4 rings (SSSR count). The number of hydrogen-bond acceptors (Lipinski definition) is 9. The molecule has 0 unspecified atom stereocenters. The van der Waals surface area contributed by atoms with Gasteiger partial charge in [-0.2, -0.15) is 0 Å². The molecule has 0 spiro atoms. The summed E-state index contributed by atoms with van der Waals surface area (Å²) in [6, 6.07) is 8.89. The normalized spacial score (nSPS) is 23.5. The molecule has 1 aromatic rings. The van der Waals surface area contributed by atoms with E-state index in [9.17, 15) is 14.4 Å². The molecule has 0 saturated heterocycles. The van der Waals surface area contributed by atoms with Gasteiger partial charge in [-0.25, -0.2) is 14.4 Å². The smallest absolute Gasteiger partial charge is 0.338 e. The molecule has 0 amide bonds. The van der Waals surface area contributed by atoms with Crippen LogP contribution >= 0.6 is 0 Å². The molecule has 9 nitrogen and oxygen atoms in total. The fourth-order valence-corrected chi connectivity index (χ4v) is 6.28. The highest BCUT2D eigenvalue weighted by Crippen LogP contribution is 2.56. The zero-order valence-electron chi connectivity index (χ0n) is 24.6. The first kappa shape index (κ1) is 30.7. The minimum Gasteiger partial charge on any atom is -0.466 e. The maximum atomic E-state index is 13.3. The van der Waals surface area contributed by atoms with Crippen LogP contribution in [0.1, 0.15) is 62.7 Å². The van der Waals surface area contributed by atoms with Crippen molar-refractivity contribution in [1.82, 2.24) is 0 Å². The number of allylic oxidation sites excluding steroid dienone is 1. The summed E-state index contributed by atoms with van der Waals surface area (Å²) in [4.78, 5) is 39.0. The van der Waals surface area contributed by atoms with Gasteiger partial charge in [0.25, 0.3) is 0 Å². The molecule has 0 saturated carbocycles. The maximum Gasteiger partial charge on any atom is 0.338 e. The highest BCUT2D eigenvalue weighted by atomic mass is 16.7. The predicted octanol–water partition coefficient (Wildman–Crippen LogP) is 4.86. The highest BCUT2D eigenvalue weighted by Gasteiger charge is 2.54. The van der Waals surface area contributed by atoms with Crippen molar-refractivity contribution in [2.75, 3.05) is 41.3 Å². The van der Waals surface area contributed by atoms with Crippen LogP contribution < -0.4 is 0 Å². The van der Waals surface area contributed by atoms with Crippen molar-refractivity contribution >= 4 is 17.9 Å². The van der Waals surface area contributed by atoms with E-state index in [0.717, 1.165) is 23.1 Å². The van der Waals surface area contributed by atoms with E-state index in [2.05, 4.69) is 19.9 Å². The van der Waals surface area contributed by atoms with Gasteiger partial charge in [-0.05, 0) is 37.0 Å². The summed E-state index contributed by atoms with van der Waals surface area (Å²) in [7, 11) is 4.21. The Morgan fingerprint density at radius 2 is 1.54 bits per heavy atom. The van der Waals surface area contributed by atoms with Gasteiger partial charge in [0.15, 0.2) is 0 Å². The summed E-state index contributed by atoms with van der Waals surface area (Å²) in [5.74, 6) is -1.56. The summed E-state index contributed by atoms with van der Waals surface area (Å²) < 4.78 is 33.8. The quantitative estimate of drug-likeness (QED) is 0.129. The SMILES string of the molecule is COCCOCO[C@]12CCC=C([C@H](OC(=O)c3ccccc3)CC3=C(CC(C(=O)OC)=C(C(=O)OC)C3)C1)C2(C)C. The number of rotatable bonds is 10. The number of esters is 3. The third-order valence-electron chi connectivity index (χ3n) is 8.67. The van der Waals surface area contributed by atoms with Crippen LogP contribution in [0.15, 0.2) is 64.3 Å². The summed E-state index contributed by atoms with van der Waals surface area (Å²) >= 11 is 0. The Balaban J connectivity index is 1.77. The second kappa shape index (κ2) is 13.1. The average Bonchev–Trinajstić information content (AvgIpc) is 2.97. The van der Waals surface area contributed by atoms with Gasteiger partial charge in [-0.3, -0.25) is 0 Å². The fourth-order valence-electron chi connectivity index (χ4n) is 6.28. The van der Waals surface area contributed by atoms with Crippen molar-refractivity contribution in [1.29, 1.82) is 0 Å². The molecule has 2 bridgehead atoms. The number of methoxy groups -OCH3 is 3. The van der Waals surface area contributed by atoms with Gasteiger partial charge in [-0.15, -0.1) is 0 Å². The number of hydrogen-bond donors (Lipinski definition) is 0. The summed E-state index contributed by atoms with van der Waals surface area (Å²) in [5, 5.41) is 0. The van der Waals surface area contributed by atoms with Crippen molar-refractivity contribution in [2.45, 2.75) is 64.1 Å². The average molecular weight is 569 g/mol. The molecule has 2 atom stereocenters. The fraction of sp³-hybridized carbons (Fsp3) is 0.531. The number of ether oxygens (including phenoxy) is 6. The Hall–Kier alpha value is -3.27. The lowest BCUT2D eigenvalue weighted by molar-refractivity contribution is -0.191. The first-order valence-corrected chi connectivity index (χ1v) is 13.9. The van der Waals surface area contributed by atoms with E-state index in [4.69, 9.17) is 28.4 Å². The van der Waals surface area contributed by atoms with Gasteiger partial charge in [0.1, 0.15) is 12.9 Å². The second-order valence-corrected chi connectivity index (χ2v) is 11.1. The molecule has 9 heteroatoms. The Kier molecular flexibility index (Phi) is 9.84. The minimum atomic E-state index is -0.716. The maximum absolute atomic E-state index is 13.3. The monoisotopic (exact) mass is 568 g/mol. The van der Waals surface area contributed by atoms with Gasteiger partial charge in [-0.1, -0.05) is 49.3 Å². The number of benzene rings is 1. The summed E-state index contributed by atoms with van der Waals surface area (Å²) in [6.45, 7) is 5.12. The first-order valence-electron chi connectivity index (χ1n) is 13.9. The standard InChI is InChI=1S/C32H40O9/c1-31(2)26-12-9-13-32(31,40-20-39-15-14-36-3)19-23-17-25(30(35)38-5)24(29(34)37-4)16-22(23)18-27(26)41-28(33)21-10-7-6-8-11-21/h6-8,10-12,27H,9,13-20H2,1-5H3/t27-,32-/m1/s1. The molecular formula is C32H40O9. The Bertz CT molecular complexity index is 1240. The predicted molar refractivity (Wildman–Crippen MR) is 150 cm³/mol. The van der Waals surface area contributed by atoms with E-state index in [1.54, 1.807) is 31.4 Å². The third-order valence-corrected chi connectivity index (χ3v) is 8.67. The van der Waals surface area contributed by atoms with E-state index < -0.39 is 35.0 Å². The van der Waals surface area contributed by atoms with Crippen molar-refractivity contribution in [3.8, 4) is 0 Å². The number of carbonyl (C=O) groups excluding carboxylic acids is 3. The van der Waals surface area contributed by atoms with Gasteiger partial charge >= 0.3 is 17.9 Å². The Morgan fingerprint density at radius 1 is 0.878 bits per heavy atom. The van der Waals surface area contributed by atoms with Crippen molar-refractivity contribution < 1.29 is 42.8 Å². The molecule has 3 aliphatic carbocycles. The van der Waals surface area contributed by atoms with Crippen molar-refractivity contribution in [3.63, 3.8) is 0 Å². The molecule has 0 heterocycles. The lowest BCUT2D eigenvalue weighted by Crippen LogP contribution is -2.54. The zero-order valence-corrected chi connectivity index (χ0v) is 24.6. The third kappa shape index (κ3) is 6.32. The number of carbonyl (C=O) groups is 3. The van der Waals surface area contributed by atoms with Crippen LogP contribution in [0.25, 0.3) is 0 Å². The molecule has 1 aromatic carbocycles. The molecule has 0 N–H and O–H groups in total. The van der Waals surface area contributed by atoms with Crippen LogP contribution in [0.3, 0.4) is 0 Å². The lowest BCUT2D eigenvalue weighted by atomic mass is 9.58. The van der Waals surface area contributed by atoms with E-state index >= 15 is 0 Å². The van der Waals surface area contributed by atoms with Crippen LogP contribution in [0.5, 0.6) is 0 Å². The van der Waals surface area contributed by atoms with Crippen LogP contribution in [0.4, 0.5) is 0 Å². The zero-order chi connectivity index (χ0) is 29.6. The van der Waals surface area contributed by atoms with Crippen molar-refractivity contribution in [2.24, 2.45) is 5.41 Å². The Labute approximate surface area is 241 Å². The lowest BCUT2D eigenvalue weighted by Gasteiger charge is -2.53. The van der Waals surface area contributed by atoms with Crippen LogP contribution in [-0.2, 0) is 38.0 Å². The van der Waals surface area contributed by atoms with Gasteiger partial charge in [0.2, 0.25) is 0 Å². The highest BCUT2D eigenvalue weighted by molar-refractivity contribution is 6.01. The molecule has 222 valence electrons. The van der Waals surface area contributed by atoms with E-state index in [1.807, 2.05) is 6.07 Å². The number of fused-ring (bicyclic) bond motifs is 2. The molecule has 0 aromatic heterocycles. The molecule has 0 radical (unpaired) electrons. The van der Waals surface area contributed by atoms with Crippen molar-refractivity contribution in [3.05, 3.63) is 69.8 Å². The van der Waals surface area contributed by atoms with Gasteiger partial charge in [0, 0.05) is 31.8 Å². The van der Waals surface area contributed by atoms with Crippen LogP contribution in [0.2, 0.25) is 0 Å². The van der Waals surface area contributed by atoms with Crippen LogP contribution in [0, 0.1) is 5.41 Å². The largest absolute Gasteiger partial charge is 0.466 e. The first-order chi connectivity index (χ1) is 19.7. The second-order valence-electron chi connectivity index (χ2n) is 11.1. The van der Waals surface area contributed by atoms with E-state index in [-0.39, 0.29) is 30.8 Å². The van der Waals surface area contributed by atoms with E-state index in [1.165, 1.54) is 14.2 Å². The molecule has 41 heavy (non-hydrogen) atoms. The summed E-state index contributed by atoms with van der Waals surface area (Å²) in [6.07, 6.45) is 4.31.